The molecule has 0 amide bonds. The average Bonchev–Trinajstić information content (AvgIpc) is 3.13. The highest BCUT2D eigenvalue weighted by molar-refractivity contribution is 5.86. The van der Waals surface area contributed by atoms with Crippen LogP contribution in [0, 0.1) is 0 Å². The maximum atomic E-state index is 10.4. The minimum Gasteiger partial charge on any atom is -0.490 e. The summed E-state index contributed by atoms with van der Waals surface area (Å²) >= 11 is 0. The van der Waals surface area contributed by atoms with Crippen LogP contribution in [-0.2, 0) is 0 Å². The summed E-state index contributed by atoms with van der Waals surface area (Å²) in [6, 6.07) is 16.0. The van der Waals surface area contributed by atoms with E-state index in [1.807, 2.05) is 59.4 Å². The number of aliphatic hydroxyl groups is 1. The summed E-state index contributed by atoms with van der Waals surface area (Å²) in [5, 5.41) is 15.9. The summed E-state index contributed by atoms with van der Waals surface area (Å²) < 4.78 is 7.86. The van der Waals surface area contributed by atoms with E-state index < -0.39 is 6.10 Å². The molecule has 4 rings (SSSR count). The summed E-state index contributed by atoms with van der Waals surface area (Å²) in [5.41, 5.74) is 2.01. The number of fused-ring (bicyclic) bond motifs is 1. The van der Waals surface area contributed by atoms with Crippen molar-refractivity contribution in [1.82, 2.24) is 19.6 Å². The van der Waals surface area contributed by atoms with Gasteiger partial charge in [0.25, 0.3) is 0 Å². The SMILES string of the molecule is CN1CCN(CC(O)COc2cccc3c2cnn3-c2ccccc2)CC1. The van der Waals surface area contributed by atoms with E-state index in [0.29, 0.717) is 6.54 Å². The summed E-state index contributed by atoms with van der Waals surface area (Å²) in [5.74, 6) is 0.757. The Hall–Kier alpha value is -2.41. The Kier molecular flexibility index (Phi) is 5.38. The van der Waals surface area contributed by atoms with E-state index in [4.69, 9.17) is 4.74 Å². The molecule has 0 aliphatic carbocycles. The number of piperazine rings is 1. The van der Waals surface area contributed by atoms with Crippen LogP contribution < -0.4 is 4.74 Å². The number of benzene rings is 2. The van der Waals surface area contributed by atoms with Crippen molar-refractivity contribution < 1.29 is 9.84 Å². The highest BCUT2D eigenvalue weighted by atomic mass is 16.5. The van der Waals surface area contributed by atoms with Gasteiger partial charge in [0, 0.05) is 32.7 Å². The number of ether oxygens (including phenoxy) is 1. The lowest BCUT2D eigenvalue weighted by molar-refractivity contribution is 0.0509. The quantitative estimate of drug-likeness (QED) is 0.723. The maximum absolute atomic E-state index is 10.4. The van der Waals surface area contributed by atoms with Gasteiger partial charge in [0.2, 0.25) is 0 Å². The lowest BCUT2D eigenvalue weighted by Crippen LogP contribution is -2.47. The first kappa shape index (κ1) is 18.0. The van der Waals surface area contributed by atoms with Gasteiger partial charge < -0.3 is 14.7 Å². The van der Waals surface area contributed by atoms with E-state index >= 15 is 0 Å². The Morgan fingerprint density at radius 2 is 1.81 bits per heavy atom. The number of aliphatic hydroxyl groups excluding tert-OH is 1. The highest BCUT2D eigenvalue weighted by Crippen LogP contribution is 2.27. The second kappa shape index (κ2) is 8.08. The van der Waals surface area contributed by atoms with Crippen LogP contribution in [0.2, 0.25) is 0 Å². The smallest absolute Gasteiger partial charge is 0.130 e. The molecule has 1 N–H and O–H groups in total. The summed E-state index contributed by atoms with van der Waals surface area (Å²) in [4.78, 5) is 4.60. The number of hydrogen-bond acceptors (Lipinski definition) is 5. The minimum absolute atomic E-state index is 0.280. The van der Waals surface area contributed by atoms with Crippen molar-refractivity contribution in [3.8, 4) is 11.4 Å². The van der Waals surface area contributed by atoms with Crippen LogP contribution in [0.15, 0.2) is 54.7 Å². The predicted octanol–water partition coefficient (Wildman–Crippen LogP) is 2.01. The van der Waals surface area contributed by atoms with Crippen LogP contribution in [0.4, 0.5) is 0 Å². The zero-order valence-electron chi connectivity index (χ0n) is 15.7. The molecule has 0 bridgehead atoms. The Labute approximate surface area is 159 Å². The van der Waals surface area contributed by atoms with Gasteiger partial charge in [-0.2, -0.15) is 5.10 Å². The number of aromatic nitrogens is 2. The summed E-state index contributed by atoms with van der Waals surface area (Å²) in [6.07, 6.45) is 1.32. The fourth-order valence-electron chi connectivity index (χ4n) is 3.49. The highest BCUT2D eigenvalue weighted by Gasteiger charge is 2.18. The third-order valence-corrected chi connectivity index (χ3v) is 5.07. The topological polar surface area (TPSA) is 53.8 Å². The molecule has 3 aromatic rings. The molecule has 1 aliphatic heterocycles. The first-order valence-corrected chi connectivity index (χ1v) is 9.44. The molecule has 27 heavy (non-hydrogen) atoms. The van der Waals surface area contributed by atoms with Crippen molar-refractivity contribution in [2.45, 2.75) is 6.10 Å². The Morgan fingerprint density at radius 3 is 2.59 bits per heavy atom. The van der Waals surface area contributed by atoms with Crippen molar-refractivity contribution in [2.75, 3.05) is 46.4 Å². The van der Waals surface area contributed by atoms with Gasteiger partial charge in [-0.25, -0.2) is 4.68 Å². The number of likely N-dealkylation sites (N-methyl/N-ethyl adjacent to an activating group) is 1. The zero-order valence-corrected chi connectivity index (χ0v) is 15.7. The first-order valence-electron chi connectivity index (χ1n) is 9.44. The van der Waals surface area contributed by atoms with Crippen LogP contribution in [0.1, 0.15) is 0 Å². The van der Waals surface area contributed by atoms with Gasteiger partial charge in [0.05, 0.1) is 22.8 Å². The molecule has 2 aromatic carbocycles. The Bertz CT molecular complexity index is 872. The minimum atomic E-state index is -0.507. The van der Waals surface area contributed by atoms with E-state index in [1.165, 1.54) is 0 Å². The largest absolute Gasteiger partial charge is 0.490 e. The van der Waals surface area contributed by atoms with E-state index in [1.54, 1.807) is 0 Å². The lowest BCUT2D eigenvalue weighted by atomic mass is 10.2. The summed E-state index contributed by atoms with van der Waals surface area (Å²) in [6.45, 7) is 5.01. The second-order valence-electron chi connectivity index (χ2n) is 7.15. The van der Waals surface area contributed by atoms with Crippen LogP contribution in [-0.4, -0.2) is 77.2 Å². The molecule has 142 valence electrons. The number of hydrogen-bond donors (Lipinski definition) is 1. The lowest BCUT2D eigenvalue weighted by Gasteiger charge is -2.33. The van der Waals surface area contributed by atoms with Crippen molar-refractivity contribution in [3.63, 3.8) is 0 Å². The third kappa shape index (κ3) is 4.13. The zero-order chi connectivity index (χ0) is 18.6. The van der Waals surface area contributed by atoms with Crippen LogP contribution in [0.5, 0.6) is 5.75 Å². The van der Waals surface area contributed by atoms with Crippen LogP contribution in [0.25, 0.3) is 16.6 Å². The third-order valence-electron chi connectivity index (χ3n) is 5.07. The molecular weight excluding hydrogens is 340 g/mol. The number of β-amino-alcohol motifs (C(OH)–C–C–N with tert-alkyl or cyclic N) is 1. The van der Waals surface area contributed by atoms with E-state index in [2.05, 4.69) is 21.9 Å². The van der Waals surface area contributed by atoms with Gasteiger partial charge in [-0.3, -0.25) is 4.90 Å². The molecule has 0 saturated carbocycles. The van der Waals surface area contributed by atoms with Gasteiger partial charge >= 0.3 is 0 Å². The monoisotopic (exact) mass is 366 g/mol. The van der Waals surface area contributed by atoms with Crippen LogP contribution >= 0.6 is 0 Å². The van der Waals surface area contributed by atoms with Crippen molar-refractivity contribution in [1.29, 1.82) is 0 Å². The number of nitrogens with zero attached hydrogens (tertiary/aromatic N) is 4. The molecular formula is C21H26N4O2. The molecule has 6 heteroatoms. The van der Waals surface area contributed by atoms with Gasteiger partial charge in [-0.15, -0.1) is 0 Å². The normalized spacial score (nSPS) is 17.3. The second-order valence-corrected chi connectivity index (χ2v) is 7.15. The number of para-hydroxylation sites is 1. The van der Waals surface area contributed by atoms with E-state index in [9.17, 15) is 5.11 Å². The molecule has 1 fully saturated rings. The molecule has 1 unspecified atom stereocenters. The van der Waals surface area contributed by atoms with Crippen LogP contribution in [0.3, 0.4) is 0 Å². The number of rotatable bonds is 6. The molecule has 1 atom stereocenters. The molecule has 0 radical (unpaired) electrons. The van der Waals surface area contributed by atoms with Gasteiger partial charge in [0.1, 0.15) is 18.5 Å². The first-order chi connectivity index (χ1) is 13.2. The molecule has 6 nitrogen and oxygen atoms in total. The molecule has 2 heterocycles. The maximum Gasteiger partial charge on any atom is 0.130 e. The Balaban J connectivity index is 1.43. The standard InChI is InChI=1S/C21H26N4O2/c1-23-10-12-24(13-11-23)15-18(26)16-27-21-9-5-8-20-19(21)14-22-25(20)17-6-3-2-4-7-17/h2-9,14,18,26H,10-13,15-16H2,1H3. The molecule has 1 aromatic heterocycles. The Morgan fingerprint density at radius 1 is 1.04 bits per heavy atom. The molecule has 1 aliphatic rings. The summed E-state index contributed by atoms with van der Waals surface area (Å²) in [7, 11) is 2.13. The van der Waals surface area contributed by atoms with Crippen molar-refractivity contribution in [3.05, 3.63) is 54.7 Å². The fourth-order valence-corrected chi connectivity index (χ4v) is 3.49. The predicted molar refractivity (Wildman–Crippen MR) is 107 cm³/mol. The molecule has 0 spiro atoms. The van der Waals surface area contributed by atoms with Crippen molar-refractivity contribution in [2.24, 2.45) is 0 Å². The van der Waals surface area contributed by atoms with Gasteiger partial charge in [-0.1, -0.05) is 24.3 Å². The fraction of sp³-hybridized carbons (Fsp3) is 0.381. The van der Waals surface area contributed by atoms with E-state index in [-0.39, 0.29) is 6.61 Å². The van der Waals surface area contributed by atoms with Crippen molar-refractivity contribution >= 4 is 10.9 Å². The van der Waals surface area contributed by atoms with Gasteiger partial charge in [-0.05, 0) is 31.3 Å². The van der Waals surface area contributed by atoms with E-state index in [0.717, 1.165) is 48.5 Å². The molecule has 1 saturated heterocycles. The average molecular weight is 366 g/mol. The van der Waals surface area contributed by atoms with Gasteiger partial charge in [0.15, 0.2) is 0 Å².